The Bertz CT molecular complexity index is 408. The van der Waals surface area contributed by atoms with Crippen molar-refractivity contribution in [1.29, 1.82) is 0 Å². The Kier molecular flexibility index (Phi) is 1.73. The van der Waals surface area contributed by atoms with Crippen LogP contribution in [0.3, 0.4) is 0 Å². The van der Waals surface area contributed by atoms with Crippen LogP contribution in [-0.2, 0) is 9.59 Å². The normalized spacial score (nSPS) is 49.6. The molecule has 4 nitrogen and oxygen atoms in total. The number of imide groups is 1. The number of hydrogen-bond donors (Lipinski definition) is 1. The maximum atomic E-state index is 12.3. The van der Waals surface area contributed by atoms with Crippen molar-refractivity contribution in [3.05, 3.63) is 12.2 Å². The third-order valence-electron chi connectivity index (χ3n) is 5.08. The minimum atomic E-state index is -0.132. The van der Waals surface area contributed by atoms with Crippen LogP contribution in [0.4, 0.5) is 0 Å². The van der Waals surface area contributed by atoms with E-state index in [-0.39, 0.29) is 48.6 Å². The fraction of sp³-hybridized carbons (Fsp3) is 0.692. The number of likely N-dealkylation sites (tertiary alicyclic amines) is 1. The van der Waals surface area contributed by atoms with Gasteiger partial charge in [0.25, 0.3) is 0 Å². The van der Waals surface area contributed by atoms with Crippen LogP contribution in [-0.4, -0.2) is 35.0 Å². The van der Waals surface area contributed by atoms with Gasteiger partial charge in [-0.25, -0.2) is 0 Å². The molecule has 2 amide bonds. The summed E-state index contributed by atoms with van der Waals surface area (Å²) in [5.74, 6) is 1.55. The summed E-state index contributed by atoms with van der Waals surface area (Å²) < 4.78 is 0. The Morgan fingerprint density at radius 1 is 1.12 bits per heavy atom. The van der Waals surface area contributed by atoms with Gasteiger partial charge in [-0.2, -0.15) is 0 Å². The highest BCUT2D eigenvalue weighted by molar-refractivity contribution is 6.06. The number of amides is 2. The van der Waals surface area contributed by atoms with Crippen molar-refractivity contribution in [2.45, 2.75) is 6.42 Å². The van der Waals surface area contributed by atoms with E-state index in [1.165, 1.54) is 11.3 Å². The molecule has 2 bridgehead atoms. The standard InChI is InChI=1S/C13H15NO3/c15-4-3-14-12(16)10-6-1-2-7(9-5-8(6)9)11(10)13(14)17/h1-2,6-11,15H,3-5H2/t6-,7-,8-,9+,10-,11+/m1/s1. The van der Waals surface area contributed by atoms with Crippen LogP contribution >= 0.6 is 0 Å². The molecule has 17 heavy (non-hydrogen) atoms. The summed E-state index contributed by atoms with van der Waals surface area (Å²) in [7, 11) is 0. The molecule has 3 fully saturated rings. The van der Waals surface area contributed by atoms with Gasteiger partial charge in [0.2, 0.25) is 11.8 Å². The molecule has 0 radical (unpaired) electrons. The first-order valence-electron chi connectivity index (χ1n) is 6.38. The summed E-state index contributed by atoms with van der Waals surface area (Å²) >= 11 is 0. The molecule has 4 aliphatic carbocycles. The number of aliphatic hydroxyl groups is 1. The maximum Gasteiger partial charge on any atom is 0.233 e. The lowest BCUT2D eigenvalue weighted by Crippen LogP contribution is -2.40. The number of allylic oxidation sites excluding steroid dienone is 2. The predicted octanol–water partition coefficient (Wildman–Crippen LogP) is 0.0318. The van der Waals surface area contributed by atoms with Crippen LogP contribution in [0.15, 0.2) is 12.2 Å². The number of rotatable bonds is 2. The van der Waals surface area contributed by atoms with Gasteiger partial charge in [0.15, 0.2) is 0 Å². The summed E-state index contributed by atoms with van der Waals surface area (Å²) in [6, 6.07) is 0. The highest BCUT2D eigenvalue weighted by atomic mass is 16.3. The molecular formula is C13H15NO3. The largest absolute Gasteiger partial charge is 0.395 e. The molecule has 1 saturated heterocycles. The zero-order valence-electron chi connectivity index (χ0n) is 9.45. The second-order valence-corrected chi connectivity index (χ2v) is 5.71. The van der Waals surface area contributed by atoms with Gasteiger partial charge < -0.3 is 5.11 Å². The fourth-order valence-electron chi connectivity index (χ4n) is 4.34. The van der Waals surface area contributed by atoms with Crippen LogP contribution in [0, 0.1) is 35.5 Å². The molecule has 1 heterocycles. The van der Waals surface area contributed by atoms with Gasteiger partial charge in [-0.3, -0.25) is 14.5 Å². The maximum absolute atomic E-state index is 12.3. The van der Waals surface area contributed by atoms with E-state index in [2.05, 4.69) is 12.2 Å². The lowest BCUT2D eigenvalue weighted by Gasteiger charge is -2.37. The molecule has 0 aromatic carbocycles. The molecule has 1 aliphatic heterocycles. The minimum Gasteiger partial charge on any atom is -0.395 e. The van der Waals surface area contributed by atoms with Crippen LogP contribution in [0.2, 0.25) is 0 Å². The Morgan fingerprint density at radius 2 is 1.65 bits per heavy atom. The molecule has 0 spiro atoms. The van der Waals surface area contributed by atoms with E-state index in [1.54, 1.807) is 0 Å². The molecule has 0 unspecified atom stereocenters. The van der Waals surface area contributed by atoms with Gasteiger partial charge in [0.05, 0.1) is 25.0 Å². The highest BCUT2D eigenvalue weighted by Gasteiger charge is 2.66. The molecule has 1 N–H and O–H groups in total. The van der Waals surface area contributed by atoms with Gasteiger partial charge in [0, 0.05) is 0 Å². The molecule has 4 heteroatoms. The van der Waals surface area contributed by atoms with Gasteiger partial charge in [0.1, 0.15) is 0 Å². The topological polar surface area (TPSA) is 57.6 Å². The average molecular weight is 233 g/mol. The lowest BCUT2D eigenvalue weighted by atomic mass is 9.63. The highest BCUT2D eigenvalue weighted by Crippen LogP contribution is 2.65. The SMILES string of the molecule is O=C1[C@@H]2[C@@H]3C=C[C@H]([C@@H]4C[C@H]34)[C@@H]2C(=O)N1CCO. The van der Waals surface area contributed by atoms with E-state index in [9.17, 15) is 9.59 Å². The first-order valence-corrected chi connectivity index (χ1v) is 6.38. The molecular weight excluding hydrogens is 218 g/mol. The first-order chi connectivity index (χ1) is 8.24. The van der Waals surface area contributed by atoms with Crippen molar-refractivity contribution in [1.82, 2.24) is 4.90 Å². The fourth-order valence-corrected chi connectivity index (χ4v) is 4.34. The van der Waals surface area contributed by atoms with E-state index in [4.69, 9.17) is 5.11 Å². The second-order valence-electron chi connectivity index (χ2n) is 5.71. The zero-order chi connectivity index (χ0) is 11.7. The average Bonchev–Trinajstić information content (AvgIpc) is 3.11. The summed E-state index contributed by atoms with van der Waals surface area (Å²) in [4.78, 5) is 25.8. The van der Waals surface area contributed by atoms with E-state index < -0.39 is 0 Å². The van der Waals surface area contributed by atoms with Crippen molar-refractivity contribution in [2.75, 3.05) is 13.2 Å². The Labute approximate surface area is 99.3 Å². The Hall–Kier alpha value is -1.16. The summed E-state index contributed by atoms with van der Waals surface area (Å²) in [6.07, 6.45) is 5.51. The van der Waals surface area contributed by atoms with E-state index in [1.807, 2.05) is 0 Å². The summed E-state index contributed by atoms with van der Waals surface area (Å²) in [5.41, 5.74) is 0. The van der Waals surface area contributed by atoms with Crippen molar-refractivity contribution < 1.29 is 14.7 Å². The second kappa shape index (κ2) is 2.99. The third-order valence-corrected chi connectivity index (χ3v) is 5.08. The zero-order valence-corrected chi connectivity index (χ0v) is 9.45. The first kappa shape index (κ1) is 9.83. The summed E-state index contributed by atoms with van der Waals surface area (Å²) in [5, 5.41) is 8.94. The van der Waals surface area contributed by atoms with E-state index in [0.29, 0.717) is 11.8 Å². The van der Waals surface area contributed by atoms with E-state index >= 15 is 0 Å². The van der Waals surface area contributed by atoms with E-state index in [0.717, 1.165) is 0 Å². The predicted molar refractivity (Wildman–Crippen MR) is 58.5 cm³/mol. The molecule has 0 aromatic rings. The van der Waals surface area contributed by atoms with Gasteiger partial charge in [-0.1, -0.05) is 12.2 Å². The lowest BCUT2D eigenvalue weighted by molar-refractivity contribution is -0.140. The number of β-amino-alcohol motifs (C(OH)–C–C–N with tert-alkyl or cyclic N) is 1. The van der Waals surface area contributed by atoms with Crippen LogP contribution in [0.25, 0.3) is 0 Å². The minimum absolute atomic E-state index is 0.0428. The monoisotopic (exact) mass is 233 g/mol. The summed E-state index contributed by atoms with van der Waals surface area (Å²) in [6.45, 7) is 0.0337. The Balaban J connectivity index is 1.74. The smallest absolute Gasteiger partial charge is 0.233 e. The van der Waals surface area contributed by atoms with Crippen molar-refractivity contribution in [3.8, 4) is 0 Å². The van der Waals surface area contributed by atoms with Gasteiger partial charge in [-0.15, -0.1) is 0 Å². The number of aliphatic hydroxyl groups excluding tert-OH is 1. The van der Waals surface area contributed by atoms with Crippen molar-refractivity contribution in [3.63, 3.8) is 0 Å². The van der Waals surface area contributed by atoms with Gasteiger partial charge >= 0.3 is 0 Å². The van der Waals surface area contributed by atoms with Crippen molar-refractivity contribution >= 4 is 11.8 Å². The number of hydrogen-bond acceptors (Lipinski definition) is 3. The molecule has 5 rings (SSSR count). The van der Waals surface area contributed by atoms with Crippen LogP contribution in [0.1, 0.15) is 6.42 Å². The van der Waals surface area contributed by atoms with Gasteiger partial charge in [-0.05, 0) is 30.1 Å². The molecule has 2 saturated carbocycles. The third kappa shape index (κ3) is 1.03. The van der Waals surface area contributed by atoms with Crippen LogP contribution in [0.5, 0.6) is 0 Å². The number of carbonyl (C=O) groups is 2. The molecule has 6 atom stereocenters. The molecule has 0 aromatic heterocycles. The number of carbonyl (C=O) groups excluding carboxylic acids is 2. The number of nitrogens with zero attached hydrogens (tertiary/aromatic N) is 1. The Morgan fingerprint density at radius 3 is 2.12 bits per heavy atom. The van der Waals surface area contributed by atoms with Crippen LogP contribution < -0.4 is 0 Å². The molecule has 90 valence electrons. The quantitative estimate of drug-likeness (QED) is 0.541. The molecule has 5 aliphatic rings. The van der Waals surface area contributed by atoms with Crippen molar-refractivity contribution in [2.24, 2.45) is 35.5 Å².